The van der Waals surface area contributed by atoms with E-state index in [-0.39, 0.29) is 23.5 Å². The summed E-state index contributed by atoms with van der Waals surface area (Å²) >= 11 is 0. The Kier molecular flexibility index (Phi) is 5.69. The molecule has 2 aromatic heterocycles. The molecule has 1 saturated heterocycles. The summed E-state index contributed by atoms with van der Waals surface area (Å²) in [6.07, 6.45) is 5.59. The van der Waals surface area contributed by atoms with Gasteiger partial charge in [0.25, 0.3) is 5.91 Å². The second-order valence-electron chi connectivity index (χ2n) is 8.05. The third-order valence-electron chi connectivity index (χ3n) is 5.76. The molecule has 9 nitrogen and oxygen atoms in total. The van der Waals surface area contributed by atoms with E-state index < -0.39 is 5.91 Å². The zero-order valence-electron chi connectivity index (χ0n) is 18.0. The molecule has 0 aliphatic carbocycles. The summed E-state index contributed by atoms with van der Waals surface area (Å²) in [7, 11) is 0. The number of nitrogens with zero attached hydrogens (tertiary/aromatic N) is 5. The number of aryl methyl sites for hydroxylation is 1. The van der Waals surface area contributed by atoms with Crippen LogP contribution >= 0.6 is 0 Å². The van der Waals surface area contributed by atoms with Gasteiger partial charge in [0.15, 0.2) is 6.19 Å². The number of benzene rings is 1. The number of carbonyl (C=O) groups is 1. The first-order chi connectivity index (χ1) is 15.4. The molecule has 164 valence electrons. The minimum atomic E-state index is -0.644. The minimum Gasteiger partial charge on any atom is -0.439 e. The number of nitrogens with two attached hydrogens (primary N) is 2. The first kappa shape index (κ1) is 21.2. The van der Waals surface area contributed by atoms with E-state index in [1.807, 2.05) is 19.9 Å². The monoisotopic (exact) mass is 431 g/mol. The topological polar surface area (TPSA) is 136 Å². The zero-order valence-corrected chi connectivity index (χ0v) is 18.0. The molecule has 0 spiro atoms. The van der Waals surface area contributed by atoms with E-state index in [1.54, 1.807) is 46.1 Å². The zero-order chi connectivity index (χ0) is 22.8. The number of carbonyl (C=O) groups excluding carboxylic acids is 1. The molecule has 1 aliphatic rings. The van der Waals surface area contributed by atoms with Gasteiger partial charge in [-0.1, -0.05) is 6.07 Å². The number of nitriles is 1. The van der Waals surface area contributed by atoms with Crippen LogP contribution < -0.4 is 16.2 Å². The second kappa shape index (κ2) is 8.59. The van der Waals surface area contributed by atoms with Crippen LogP contribution in [0.5, 0.6) is 11.6 Å². The van der Waals surface area contributed by atoms with Crippen molar-refractivity contribution in [3.05, 3.63) is 53.7 Å². The fourth-order valence-electron chi connectivity index (χ4n) is 3.91. The standard InChI is InChI=1S/C23H25N7O2/c1-14-3-10-19(27-11-14)32-18-8-5-16(6-9-18)21-20(23(26)31)22(25)30(28-21)17-7-4-15(2)29(12-17)13-24/h3,5-6,8-11,15,17H,4,7,12,25H2,1-2H3,(H2,26,31)/t15-,17?/m1/s1. The third kappa shape index (κ3) is 4.07. The molecule has 9 heteroatoms. The highest BCUT2D eigenvalue weighted by Crippen LogP contribution is 2.34. The quantitative estimate of drug-likeness (QED) is 0.592. The lowest BCUT2D eigenvalue weighted by molar-refractivity contribution is 0.100. The lowest BCUT2D eigenvalue weighted by Gasteiger charge is -2.34. The van der Waals surface area contributed by atoms with Crippen LogP contribution in [0.25, 0.3) is 11.3 Å². The molecule has 3 aromatic rings. The molecule has 1 amide bonds. The molecular formula is C23H25N7O2. The summed E-state index contributed by atoms with van der Waals surface area (Å²) in [6.45, 7) is 4.46. The van der Waals surface area contributed by atoms with Crippen molar-refractivity contribution in [2.75, 3.05) is 12.3 Å². The van der Waals surface area contributed by atoms with Gasteiger partial charge in [0.1, 0.15) is 22.8 Å². The van der Waals surface area contributed by atoms with Crippen LogP contribution in [0.15, 0.2) is 42.6 Å². The third-order valence-corrected chi connectivity index (χ3v) is 5.76. The van der Waals surface area contributed by atoms with Gasteiger partial charge >= 0.3 is 0 Å². The summed E-state index contributed by atoms with van der Waals surface area (Å²) in [4.78, 5) is 18.2. The molecule has 1 aromatic carbocycles. The molecule has 32 heavy (non-hydrogen) atoms. The van der Waals surface area contributed by atoms with Gasteiger partial charge in [-0.25, -0.2) is 9.67 Å². The number of piperidine rings is 1. The largest absolute Gasteiger partial charge is 0.439 e. The predicted octanol–water partition coefficient (Wildman–Crippen LogP) is 3.23. The van der Waals surface area contributed by atoms with Gasteiger partial charge in [-0.05, 0) is 56.5 Å². The Balaban J connectivity index is 1.63. The van der Waals surface area contributed by atoms with E-state index in [4.69, 9.17) is 16.2 Å². The van der Waals surface area contributed by atoms with E-state index in [2.05, 4.69) is 16.3 Å². The summed E-state index contributed by atoms with van der Waals surface area (Å²) in [5.74, 6) is 0.663. The van der Waals surface area contributed by atoms with Crippen molar-refractivity contribution in [2.24, 2.45) is 5.73 Å². The van der Waals surface area contributed by atoms with Crippen LogP contribution in [0.3, 0.4) is 0 Å². The van der Waals surface area contributed by atoms with Crippen LogP contribution in [0.1, 0.15) is 41.7 Å². The van der Waals surface area contributed by atoms with Crippen LogP contribution in [0.4, 0.5) is 5.82 Å². The lowest BCUT2D eigenvalue weighted by atomic mass is 10.00. The molecular weight excluding hydrogens is 406 g/mol. The van der Waals surface area contributed by atoms with Gasteiger partial charge in [-0.3, -0.25) is 4.79 Å². The maximum absolute atomic E-state index is 12.2. The minimum absolute atomic E-state index is 0.118. The summed E-state index contributed by atoms with van der Waals surface area (Å²) < 4.78 is 7.40. The summed E-state index contributed by atoms with van der Waals surface area (Å²) in [6, 6.07) is 10.9. The van der Waals surface area contributed by atoms with Gasteiger partial charge in [-0.2, -0.15) is 10.4 Å². The Morgan fingerprint density at radius 2 is 1.97 bits per heavy atom. The average molecular weight is 432 g/mol. The van der Waals surface area contributed by atoms with E-state index in [9.17, 15) is 10.1 Å². The van der Waals surface area contributed by atoms with Gasteiger partial charge in [0.2, 0.25) is 5.88 Å². The average Bonchev–Trinajstić information content (AvgIpc) is 3.13. The Morgan fingerprint density at radius 1 is 1.22 bits per heavy atom. The Morgan fingerprint density at radius 3 is 2.59 bits per heavy atom. The number of anilines is 1. The number of nitrogen functional groups attached to an aromatic ring is 1. The molecule has 2 atom stereocenters. The van der Waals surface area contributed by atoms with Crippen LogP contribution in [0, 0.1) is 18.4 Å². The maximum atomic E-state index is 12.2. The number of hydrogen-bond acceptors (Lipinski definition) is 7. The summed E-state index contributed by atoms with van der Waals surface area (Å²) in [5, 5.41) is 14.0. The predicted molar refractivity (Wildman–Crippen MR) is 120 cm³/mol. The van der Waals surface area contributed by atoms with E-state index in [0.717, 1.165) is 18.4 Å². The molecule has 1 aliphatic heterocycles. The number of amides is 1. The van der Waals surface area contributed by atoms with Crippen LogP contribution in [-0.4, -0.2) is 38.2 Å². The molecule has 4 N–H and O–H groups in total. The van der Waals surface area contributed by atoms with Crippen molar-refractivity contribution in [1.29, 1.82) is 5.26 Å². The van der Waals surface area contributed by atoms with Crippen molar-refractivity contribution in [3.8, 4) is 29.1 Å². The molecule has 1 fully saturated rings. The second-order valence-corrected chi connectivity index (χ2v) is 8.05. The fraction of sp³-hybridized carbons (Fsp3) is 0.304. The number of hydrogen-bond donors (Lipinski definition) is 2. The van der Waals surface area contributed by atoms with Crippen molar-refractivity contribution in [2.45, 2.75) is 38.8 Å². The molecule has 4 rings (SSSR count). The number of likely N-dealkylation sites (tertiary alicyclic amines) is 1. The number of rotatable bonds is 5. The SMILES string of the molecule is Cc1ccc(Oc2ccc(-c3nn(C4CC[C@@H](C)N(C#N)C4)c(N)c3C(N)=O)cc2)nc1. The Hall–Kier alpha value is -4.06. The van der Waals surface area contributed by atoms with Crippen molar-refractivity contribution >= 4 is 11.7 Å². The van der Waals surface area contributed by atoms with Crippen molar-refractivity contribution < 1.29 is 9.53 Å². The number of pyridine rings is 1. The smallest absolute Gasteiger partial charge is 0.254 e. The van der Waals surface area contributed by atoms with E-state index in [1.165, 1.54) is 0 Å². The van der Waals surface area contributed by atoms with E-state index in [0.29, 0.717) is 29.4 Å². The normalized spacial score (nSPS) is 18.2. The molecule has 0 bridgehead atoms. The fourth-order valence-corrected chi connectivity index (χ4v) is 3.91. The Labute approximate surface area is 186 Å². The maximum Gasteiger partial charge on any atom is 0.254 e. The number of ether oxygens (including phenoxy) is 1. The first-order valence-electron chi connectivity index (χ1n) is 10.4. The van der Waals surface area contributed by atoms with Gasteiger partial charge in [0.05, 0.1) is 12.6 Å². The number of aromatic nitrogens is 3. The summed E-state index contributed by atoms with van der Waals surface area (Å²) in [5.41, 5.74) is 14.3. The van der Waals surface area contributed by atoms with Gasteiger partial charge < -0.3 is 21.1 Å². The molecule has 1 unspecified atom stereocenters. The Bertz CT molecular complexity index is 1160. The van der Waals surface area contributed by atoms with Crippen LogP contribution in [-0.2, 0) is 0 Å². The molecule has 0 radical (unpaired) electrons. The van der Waals surface area contributed by atoms with Gasteiger partial charge in [-0.15, -0.1) is 0 Å². The van der Waals surface area contributed by atoms with Gasteiger partial charge in [0, 0.05) is 23.9 Å². The van der Waals surface area contributed by atoms with Crippen molar-refractivity contribution in [3.63, 3.8) is 0 Å². The highest BCUT2D eigenvalue weighted by Gasteiger charge is 2.30. The van der Waals surface area contributed by atoms with Crippen molar-refractivity contribution in [1.82, 2.24) is 19.7 Å². The number of primary amides is 1. The highest BCUT2D eigenvalue weighted by atomic mass is 16.5. The highest BCUT2D eigenvalue weighted by molar-refractivity contribution is 6.03. The molecule has 0 saturated carbocycles. The molecule has 3 heterocycles. The lowest BCUT2D eigenvalue weighted by Crippen LogP contribution is -2.39. The van der Waals surface area contributed by atoms with Crippen LogP contribution in [0.2, 0.25) is 0 Å². The first-order valence-corrected chi connectivity index (χ1v) is 10.4. The van der Waals surface area contributed by atoms with E-state index >= 15 is 0 Å².